The fraction of sp³-hybridized carbons (Fsp3) is 0.579. The van der Waals surface area contributed by atoms with Crippen molar-refractivity contribution in [3.8, 4) is 11.5 Å². The molecule has 0 bridgehead atoms. The molecule has 10 heteroatoms. The predicted molar refractivity (Wildman–Crippen MR) is 102 cm³/mol. The third-order valence-electron chi connectivity index (χ3n) is 4.95. The van der Waals surface area contributed by atoms with Gasteiger partial charge in [-0.1, -0.05) is 5.16 Å². The largest absolute Gasteiger partial charge is 0.466 e. The van der Waals surface area contributed by atoms with E-state index in [0.29, 0.717) is 31.3 Å². The smallest absolute Gasteiger partial charge is 0.310 e. The minimum Gasteiger partial charge on any atom is -0.466 e. The lowest BCUT2D eigenvalue weighted by Crippen LogP contribution is -2.43. The summed E-state index contributed by atoms with van der Waals surface area (Å²) in [5.41, 5.74) is -0.138. The fourth-order valence-electron chi connectivity index (χ4n) is 3.41. The number of rotatable bonds is 6. The Balaban J connectivity index is 1.69. The van der Waals surface area contributed by atoms with Crippen molar-refractivity contribution < 1.29 is 18.8 Å². The van der Waals surface area contributed by atoms with Crippen LogP contribution in [0.2, 0.25) is 0 Å². The van der Waals surface area contributed by atoms with Gasteiger partial charge in [0.2, 0.25) is 5.91 Å². The van der Waals surface area contributed by atoms with Crippen molar-refractivity contribution in [2.24, 2.45) is 5.92 Å². The van der Waals surface area contributed by atoms with Gasteiger partial charge in [0, 0.05) is 32.3 Å². The average molecular weight is 403 g/mol. The number of aromatic nitrogens is 4. The van der Waals surface area contributed by atoms with Crippen LogP contribution in [0.5, 0.6) is 0 Å². The van der Waals surface area contributed by atoms with Crippen molar-refractivity contribution in [1.82, 2.24) is 24.6 Å². The minimum absolute atomic E-state index is 0.105. The van der Waals surface area contributed by atoms with Crippen LogP contribution in [0.1, 0.15) is 37.8 Å². The molecule has 0 N–H and O–H groups in total. The number of ether oxygens (including phenoxy) is 1. The zero-order valence-corrected chi connectivity index (χ0v) is 16.9. The summed E-state index contributed by atoms with van der Waals surface area (Å²) in [4.78, 5) is 47.4. The third-order valence-corrected chi connectivity index (χ3v) is 4.95. The first kappa shape index (κ1) is 20.7. The minimum atomic E-state index is -0.336. The summed E-state index contributed by atoms with van der Waals surface area (Å²) in [7, 11) is 0. The summed E-state index contributed by atoms with van der Waals surface area (Å²) in [6.07, 6.45) is 3.00. The lowest BCUT2D eigenvalue weighted by Gasteiger charge is -2.31. The van der Waals surface area contributed by atoms with E-state index in [1.807, 2.05) is 0 Å². The van der Waals surface area contributed by atoms with Crippen LogP contribution < -0.4 is 5.56 Å². The van der Waals surface area contributed by atoms with Crippen LogP contribution in [-0.4, -0.2) is 56.2 Å². The van der Waals surface area contributed by atoms with Crippen LogP contribution in [-0.2, 0) is 20.9 Å². The van der Waals surface area contributed by atoms with Crippen LogP contribution in [0.4, 0.5) is 0 Å². The first-order valence-corrected chi connectivity index (χ1v) is 9.72. The van der Waals surface area contributed by atoms with Crippen molar-refractivity contribution in [3.05, 3.63) is 28.2 Å². The number of likely N-dealkylation sites (tertiary alicyclic amines) is 1. The molecule has 29 heavy (non-hydrogen) atoms. The Morgan fingerprint density at radius 2 is 2.14 bits per heavy atom. The maximum atomic E-state index is 12.8. The van der Waals surface area contributed by atoms with E-state index in [0.717, 1.165) is 12.8 Å². The summed E-state index contributed by atoms with van der Waals surface area (Å²) < 4.78 is 11.6. The number of amides is 1. The van der Waals surface area contributed by atoms with Crippen molar-refractivity contribution in [3.63, 3.8) is 0 Å². The molecule has 1 aliphatic rings. The molecule has 0 aromatic carbocycles. The van der Waals surface area contributed by atoms with E-state index in [9.17, 15) is 14.4 Å². The maximum absolute atomic E-state index is 12.8. The van der Waals surface area contributed by atoms with Gasteiger partial charge in [-0.15, -0.1) is 0 Å². The van der Waals surface area contributed by atoms with Crippen molar-refractivity contribution >= 4 is 11.9 Å². The van der Waals surface area contributed by atoms with E-state index in [2.05, 4.69) is 15.1 Å². The van der Waals surface area contributed by atoms with Crippen LogP contribution in [0.3, 0.4) is 0 Å². The van der Waals surface area contributed by atoms with E-state index in [4.69, 9.17) is 9.26 Å². The first-order chi connectivity index (χ1) is 13.9. The Labute approximate surface area is 167 Å². The van der Waals surface area contributed by atoms with E-state index >= 15 is 0 Å². The molecule has 0 spiro atoms. The molecule has 3 heterocycles. The Kier molecular flexibility index (Phi) is 6.40. The molecule has 2 aromatic heterocycles. The Morgan fingerprint density at radius 3 is 2.83 bits per heavy atom. The summed E-state index contributed by atoms with van der Waals surface area (Å²) >= 11 is 0. The topological polar surface area (TPSA) is 120 Å². The number of hydrogen-bond donors (Lipinski definition) is 0. The van der Waals surface area contributed by atoms with E-state index in [1.165, 1.54) is 10.8 Å². The van der Waals surface area contributed by atoms with Gasteiger partial charge in [-0.3, -0.25) is 19.0 Å². The normalized spacial score (nSPS) is 16.7. The van der Waals surface area contributed by atoms with E-state index < -0.39 is 0 Å². The molecule has 0 saturated carbocycles. The Morgan fingerprint density at radius 1 is 1.34 bits per heavy atom. The number of hydrogen-bond acceptors (Lipinski definition) is 8. The summed E-state index contributed by atoms with van der Waals surface area (Å²) in [6.45, 7) is 6.58. The van der Waals surface area contributed by atoms with Gasteiger partial charge in [0.15, 0.2) is 5.82 Å². The number of piperidine rings is 1. The second-order valence-corrected chi connectivity index (χ2v) is 7.00. The van der Waals surface area contributed by atoms with Gasteiger partial charge in [0.1, 0.15) is 11.4 Å². The lowest BCUT2D eigenvalue weighted by atomic mass is 9.98. The fourth-order valence-corrected chi connectivity index (χ4v) is 3.41. The van der Waals surface area contributed by atoms with Crippen LogP contribution in [0.15, 0.2) is 15.5 Å². The summed E-state index contributed by atoms with van der Waals surface area (Å²) in [5, 5.41) is 3.70. The molecule has 1 saturated heterocycles. The number of carbonyl (C=O) groups excluding carboxylic acids is 2. The predicted octanol–water partition coefficient (Wildman–Crippen LogP) is 1.10. The molecule has 0 radical (unpaired) electrons. The van der Waals surface area contributed by atoms with Gasteiger partial charge in [-0.25, -0.2) is 4.98 Å². The molecule has 1 aliphatic heterocycles. The second kappa shape index (κ2) is 8.97. The molecule has 0 aliphatic carbocycles. The standard InChI is InChI=1S/C19H25N5O5/c1-4-28-19(27)14-6-5-8-23(11-14)16(25)7-9-24-13(3)20-10-15(18(24)26)17-21-12(2)22-29-17/h10,14H,4-9,11H2,1-3H3. The zero-order valence-electron chi connectivity index (χ0n) is 16.9. The van der Waals surface area contributed by atoms with Crippen LogP contribution >= 0.6 is 0 Å². The molecular formula is C19H25N5O5. The number of aryl methyl sites for hydroxylation is 2. The summed E-state index contributed by atoms with van der Waals surface area (Å²) in [5.74, 6) is 0.359. The molecule has 3 rings (SSSR count). The Hall–Kier alpha value is -3.04. The van der Waals surface area contributed by atoms with Gasteiger partial charge in [0.05, 0.1) is 12.5 Å². The van der Waals surface area contributed by atoms with Crippen LogP contribution in [0, 0.1) is 19.8 Å². The molecule has 1 amide bonds. The van der Waals surface area contributed by atoms with Crippen molar-refractivity contribution in [2.45, 2.75) is 46.6 Å². The SMILES string of the molecule is CCOC(=O)C1CCCN(C(=O)CCn2c(C)ncc(-c3nc(C)no3)c2=O)C1. The van der Waals surface area contributed by atoms with Gasteiger partial charge in [-0.05, 0) is 33.6 Å². The molecule has 1 fully saturated rings. The van der Waals surface area contributed by atoms with Gasteiger partial charge >= 0.3 is 5.97 Å². The third kappa shape index (κ3) is 4.69. The highest BCUT2D eigenvalue weighted by molar-refractivity contribution is 5.78. The molecule has 10 nitrogen and oxygen atoms in total. The highest BCUT2D eigenvalue weighted by Crippen LogP contribution is 2.19. The summed E-state index contributed by atoms with van der Waals surface area (Å²) in [6, 6.07) is 0. The van der Waals surface area contributed by atoms with E-state index in [-0.39, 0.29) is 47.8 Å². The second-order valence-electron chi connectivity index (χ2n) is 7.00. The first-order valence-electron chi connectivity index (χ1n) is 9.72. The molecule has 2 aromatic rings. The average Bonchev–Trinajstić information content (AvgIpc) is 3.14. The van der Waals surface area contributed by atoms with Gasteiger partial charge in [-0.2, -0.15) is 4.98 Å². The quantitative estimate of drug-likeness (QED) is 0.658. The highest BCUT2D eigenvalue weighted by atomic mass is 16.5. The van der Waals surface area contributed by atoms with E-state index in [1.54, 1.807) is 25.7 Å². The number of esters is 1. The van der Waals surface area contributed by atoms with Crippen molar-refractivity contribution in [1.29, 1.82) is 0 Å². The molecule has 1 unspecified atom stereocenters. The maximum Gasteiger partial charge on any atom is 0.310 e. The zero-order chi connectivity index (χ0) is 21.0. The monoisotopic (exact) mass is 403 g/mol. The van der Waals surface area contributed by atoms with Gasteiger partial charge < -0.3 is 14.2 Å². The number of nitrogens with zero attached hydrogens (tertiary/aromatic N) is 5. The molecular weight excluding hydrogens is 378 g/mol. The van der Waals surface area contributed by atoms with Crippen molar-refractivity contribution in [2.75, 3.05) is 19.7 Å². The van der Waals surface area contributed by atoms with Crippen LogP contribution in [0.25, 0.3) is 11.5 Å². The Bertz CT molecular complexity index is 951. The number of carbonyl (C=O) groups is 2. The molecule has 156 valence electrons. The molecule has 1 atom stereocenters. The lowest BCUT2D eigenvalue weighted by molar-refractivity contribution is -0.151. The highest BCUT2D eigenvalue weighted by Gasteiger charge is 2.29. The van der Waals surface area contributed by atoms with Gasteiger partial charge in [0.25, 0.3) is 11.4 Å².